The Morgan fingerprint density at radius 1 is 1.12 bits per heavy atom. The molecule has 0 bridgehead atoms. The molecule has 0 radical (unpaired) electrons. The van der Waals surface area contributed by atoms with Gasteiger partial charge in [0.05, 0.1) is 19.2 Å². The first-order chi connectivity index (χ1) is 11.4. The Balaban J connectivity index is 2.08. The van der Waals surface area contributed by atoms with Crippen LogP contribution in [0.15, 0.2) is 36.4 Å². The van der Waals surface area contributed by atoms with E-state index in [1.165, 1.54) is 26.4 Å². The number of benzene rings is 2. The second kappa shape index (κ2) is 7.88. The zero-order chi connectivity index (χ0) is 17.7. The van der Waals surface area contributed by atoms with E-state index in [2.05, 4.69) is 5.32 Å². The van der Waals surface area contributed by atoms with Gasteiger partial charge in [-0.3, -0.25) is 4.79 Å². The van der Waals surface area contributed by atoms with Crippen LogP contribution in [0.2, 0.25) is 5.02 Å². The molecule has 1 unspecified atom stereocenters. The lowest BCUT2D eigenvalue weighted by Crippen LogP contribution is -2.30. The lowest BCUT2D eigenvalue weighted by molar-refractivity contribution is -0.122. The minimum Gasteiger partial charge on any atom is -0.497 e. The number of hydrogen-bond donors (Lipinski definition) is 1. The number of ether oxygens (including phenoxy) is 3. The molecule has 7 heteroatoms. The van der Waals surface area contributed by atoms with E-state index in [9.17, 15) is 9.18 Å². The second-order valence-electron chi connectivity index (χ2n) is 4.93. The minimum atomic E-state index is -0.842. The fourth-order valence-electron chi connectivity index (χ4n) is 1.94. The predicted octanol–water partition coefficient (Wildman–Crippen LogP) is 3.90. The number of halogens is 2. The number of carbonyl (C=O) groups is 1. The summed E-state index contributed by atoms with van der Waals surface area (Å²) in [7, 11) is 3.03. The van der Waals surface area contributed by atoms with Crippen molar-refractivity contribution in [1.29, 1.82) is 0 Å². The minimum absolute atomic E-state index is 0.0951. The third-order valence-corrected chi connectivity index (χ3v) is 3.48. The molecule has 0 spiro atoms. The third-order valence-electron chi connectivity index (χ3n) is 3.19. The summed E-state index contributed by atoms with van der Waals surface area (Å²) in [6, 6.07) is 8.69. The van der Waals surface area contributed by atoms with Crippen LogP contribution in [0.1, 0.15) is 6.92 Å². The van der Waals surface area contributed by atoms with E-state index < -0.39 is 17.8 Å². The maximum Gasteiger partial charge on any atom is 0.265 e. The van der Waals surface area contributed by atoms with Crippen molar-refractivity contribution in [3.05, 3.63) is 47.2 Å². The van der Waals surface area contributed by atoms with Gasteiger partial charge in [-0.15, -0.1) is 0 Å². The van der Waals surface area contributed by atoms with E-state index in [1.807, 2.05) is 0 Å². The Kier molecular flexibility index (Phi) is 5.87. The summed E-state index contributed by atoms with van der Waals surface area (Å²) in [5.41, 5.74) is 0.497. The van der Waals surface area contributed by atoms with Gasteiger partial charge in [0.2, 0.25) is 0 Å². The van der Waals surface area contributed by atoms with Crippen LogP contribution in [0, 0.1) is 5.82 Å². The lowest BCUT2D eigenvalue weighted by Gasteiger charge is -2.16. The quantitative estimate of drug-likeness (QED) is 0.855. The highest BCUT2D eigenvalue weighted by Gasteiger charge is 2.17. The third kappa shape index (κ3) is 4.52. The number of rotatable bonds is 6. The number of anilines is 1. The van der Waals surface area contributed by atoms with E-state index >= 15 is 0 Å². The van der Waals surface area contributed by atoms with Gasteiger partial charge in [0.15, 0.2) is 6.10 Å². The molecule has 1 amide bonds. The second-order valence-corrected chi connectivity index (χ2v) is 5.33. The summed E-state index contributed by atoms with van der Waals surface area (Å²) in [4.78, 5) is 12.3. The molecule has 0 saturated heterocycles. The van der Waals surface area contributed by atoms with Crippen molar-refractivity contribution in [3.63, 3.8) is 0 Å². The maximum atomic E-state index is 13.0. The van der Waals surface area contributed by atoms with Crippen molar-refractivity contribution in [1.82, 2.24) is 0 Å². The van der Waals surface area contributed by atoms with Crippen molar-refractivity contribution >= 4 is 23.2 Å². The van der Waals surface area contributed by atoms with Crippen molar-refractivity contribution in [3.8, 4) is 17.2 Å². The van der Waals surface area contributed by atoms with E-state index in [4.69, 9.17) is 25.8 Å². The summed E-state index contributed by atoms with van der Waals surface area (Å²) in [5.74, 6) is 0.433. The Labute approximate surface area is 144 Å². The molecule has 128 valence electrons. The Morgan fingerprint density at radius 3 is 2.29 bits per heavy atom. The van der Waals surface area contributed by atoms with Crippen molar-refractivity contribution < 1.29 is 23.4 Å². The standard InChI is InChI=1S/C17H17ClFNO4/c1-10(24-16-5-4-11(19)6-15(16)18)17(21)20-12-7-13(22-2)9-14(8-12)23-3/h4-10H,1-3H3,(H,20,21). The van der Waals surface area contributed by atoms with Gasteiger partial charge >= 0.3 is 0 Å². The molecule has 0 aliphatic carbocycles. The zero-order valence-corrected chi connectivity index (χ0v) is 14.2. The molecule has 1 atom stereocenters. The first kappa shape index (κ1) is 17.9. The molecule has 2 aromatic rings. The Bertz CT molecular complexity index is 716. The summed E-state index contributed by atoms with van der Waals surface area (Å²) in [6.45, 7) is 1.56. The van der Waals surface area contributed by atoms with Gasteiger partial charge in [0, 0.05) is 23.9 Å². The van der Waals surface area contributed by atoms with E-state index in [1.54, 1.807) is 25.1 Å². The first-order valence-electron chi connectivity index (χ1n) is 7.08. The highest BCUT2D eigenvalue weighted by Crippen LogP contribution is 2.27. The van der Waals surface area contributed by atoms with E-state index in [0.717, 1.165) is 6.07 Å². The monoisotopic (exact) mass is 353 g/mol. The molecule has 0 aromatic heterocycles. The largest absolute Gasteiger partial charge is 0.497 e. The molecule has 0 aliphatic heterocycles. The van der Waals surface area contributed by atoms with Crippen LogP contribution in [-0.2, 0) is 4.79 Å². The van der Waals surface area contributed by atoms with E-state index in [0.29, 0.717) is 17.2 Å². The number of nitrogens with one attached hydrogen (secondary N) is 1. The van der Waals surface area contributed by atoms with Gasteiger partial charge < -0.3 is 19.5 Å². The number of amides is 1. The summed E-state index contributed by atoms with van der Waals surface area (Å²) in [5, 5.41) is 2.80. The van der Waals surface area contributed by atoms with E-state index in [-0.39, 0.29) is 10.8 Å². The molecule has 2 aromatic carbocycles. The van der Waals surface area contributed by atoms with Gasteiger partial charge in [-0.05, 0) is 25.1 Å². The van der Waals surface area contributed by atoms with Gasteiger partial charge in [-0.1, -0.05) is 11.6 Å². The average molecular weight is 354 g/mol. The van der Waals surface area contributed by atoms with Crippen LogP contribution in [0.3, 0.4) is 0 Å². The lowest BCUT2D eigenvalue weighted by atomic mass is 10.2. The van der Waals surface area contributed by atoms with Crippen molar-refractivity contribution in [2.75, 3.05) is 19.5 Å². The number of methoxy groups -OCH3 is 2. The molecular weight excluding hydrogens is 337 g/mol. The van der Waals surface area contributed by atoms with Crippen LogP contribution in [0.5, 0.6) is 17.2 Å². The first-order valence-corrected chi connectivity index (χ1v) is 7.46. The maximum absolute atomic E-state index is 13.0. The van der Waals surface area contributed by atoms with Crippen LogP contribution >= 0.6 is 11.6 Å². The topological polar surface area (TPSA) is 56.8 Å². The van der Waals surface area contributed by atoms with Crippen molar-refractivity contribution in [2.45, 2.75) is 13.0 Å². The molecule has 1 N–H and O–H groups in total. The summed E-state index contributed by atoms with van der Waals surface area (Å²) >= 11 is 5.89. The van der Waals surface area contributed by atoms with Crippen LogP contribution in [0.4, 0.5) is 10.1 Å². The fraction of sp³-hybridized carbons (Fsp3) is 0.235. The fourth-order valence-corrected chi connectivity index (χ4v) is 2.15. The average Bonchev–Trinajstić information content (AvgIpc) is 2.56. The van der Waals surface area contributed by atoms with Crippen LogP contribution in [0.25, 0.3) is 0 Å². The smallest absolute Gasteiger partial charge is 0.265 e. The molecule has 0 aliphatic rings. The van der Waals surface area contributed by atoms with Gasteiger partial charge in [-0.25, -0.2) is 4.39 Å². The molecule has 0 heterocycles. The Morgan fingerprint density at radius 2 is 1.75 bits per heavy atom. The van der Waals surface area contributed by atoms with Gasteiger partial charge in [0.1, 0.15) is 23.1 Å². The zero-order valence-electron chi connectivity index (χ0n) is 13.4. The van der Waals surface area contributed by atoms with Gasteiger partial charge in [0.25, 0.3) is 5.91 Å². The molecule has 24 heavy (non-hydrogen) atoms. The summed E-state index contributed by atoms with van der Waals surface area (Å²) in [6.07, 6.45) is -0.842. The van der Waals surface area contributed by atoms with Crippen molar-refractivity contribution in [2.24, 2.45) is 0 Å². The SMILES string of the molecule is COc1cc(NC(=O)C(C)Oc2ccc(F)cc2Cl)cc(OC)c1. The molecule has 2 rings (SSSR count). The Hall–Kier alpha value is -2.47. The number of carbonyl (C=O) groups excluding carboxylic acids is 1. The normalized spacial score (nSPS) is 11.5. The molecule has 0 saturated carbocycles. The predicted molar refractivity (Wildman–Crippen MR) is 89.7 cm³/mol. The van der Waals surface area contributed by atoms with Crippen LogP contribution in [-0.4, -0.2) is 26.2 Å². The van der Waals surface area contributed by atoms with Gasteiger partial charge in [-0.2, -0.15) is 0 Å². The molecular formula is C17H17ClFNO4. The molecule has 0 fully saturated rings. The highest BCUT2D eigenvalue weighted by molar-refractivity contribution is 6.32. The highest BCUT2D eigenvalue weighted by atomic mass is 35.5. The number of hydrogen-bond acceptors (Lipinski definition) is 4. The molecule has 5 nitrogen and oxygen atoms in total. The summed E-state index contributed by atoms with van der Waals surface area (Å²) < 4.78 is 28.8. The van der Waals surface area contributed by atoms with Crippen LogP contribution < -0.4 is 19.5 Å².